The summed E-state index contributed by atoms with van der Waals surface area (Å²) < 4.78 is 5.61. The van der Waals surface area contributed by atoms with Crippen LogP contribution in [-0.4, -0.2) is 29.8 Å². The molecule has 5 aliphatic rings. The van der Waals surface area contributed by atoms with Crippen LogP contribution in [0.15, 0.2) is 11.6 Å². The van der Waals surface area contributed by atoms with Gasteiger partial charge in [-0.2, -0.15) is 5.26 Å². The van der Waals surface area contributed by atoms with Crippen LogP contribution in [-0.2, 0) is 14.3 Å². The van der Waals surface area contributed by atoms with E-state index in [4.69, 9.17) is 4.74 Å². The molecule has 42 heavy (non-hydrogen) atoms. The summed E-state index contributed by atoms with van der Waals surface area (Å²) in [7, 11) is 0. The van der Waals surface area contributed by atoms with E-state index in [0.717, 1.165) is 44.9 Å². The minimum absolute atomic E-state index is 0.0494. The number of nitriles is 1. The summed E-state index contributed by atoms with van der Waals surface area (Å²) in [4.78, 5) is 40.8. The number of carbonyl (C=O) groups excluding carboxylic acids is 3. The number of fused-ring (bicyclic) bond motifs is 7. The molecule has 0 heterocycles. The van der Waals surface area contributed by atoms with Crippen molar-refractivity contribution in [2.45, 2.75) is 126 Å². The number of hydrogen-bond donors (Lipinski definition) is 1. The molecule has 4 saturated carbocycles. The summed E-state index contributed by atoms with van der Waals surface area (Å²) >= 11 is 0. The molecule has 0 bridgehead atoms. The van der Waals surface area contributed by atoms with Crippen LogP contribution in [0, 0.1) is 67.5 Å². The topological polar surface area (TPSA) is 96.3 Å². The number of Topliss-reactive ketones (excluding diaryl/α,β-unsaturated/α-hetero) is 2. The van der Waals surface area contributed by atoms with Gasteiger partial charge in [0.05, 0.1) is 5.57 Å². The highest BCUT2D eigenvalue weighted by Crippen LogP contribution is 2.75. The Hall–Kier alpha value is -2.16. The molecule has 0 aromatic rings. The number of amides is 1. The van der Waals surface area contributed by atoms with Crippen molar-refractivity contribution in [2.24, 2.45) is 56.2 Å². The average molecular weight is 579 g/mol. The second-order valence-electron chi connectivity index (χ2n) is 17.9. The van der Waals surface area contributed by atoms with Crippen LogP contribution in [0.1, 0.15) is 121 Å². The minimum Gasteiger partial charge on any atom is -0.444 e. The van der Waals surface area contributed by atoms with Crippen LogP contribution in [0.2, 0.25) is 0 Å². The molecule has 0 spiro atoms. The number of hydrogen-bond acceptors (Lipinski definition) is 5. The molecule has 4 fully saturated rings. The first-order valence-electron chi connectivity index (χ1n) is 16.3. The number of nitrogens with one attached hydrogen (secondary N) is 1. The number of alkyl carbamates (subject to hydrolysis) is 1. The first-order valence-corrected chi connectivity index (χ1v) is 16.3. The summed E-state index contributed by atoms with van der Waals surface area (Å²) in [5.41, 5.74) is -1.58. The smallest absolute Gasteiger partial charge is 0.407 e. The van der Waals surface area contributed by atoms with Gasteiger partial charge in [-0.25, -0.2) is 4.79 Å². The Labute approximate surface area is 253 Å². The lowest BCUT2D eigenvalue weighted by Crippen LogP contribution is -2.69. The lowest BCUT2D eigenvalue weighted by Gasteiger charge is -2.72. The predicted molar refractivity (Wildman–Crippen MR) is 163 cm³/mol. The molecule has 0 aromatic heterocycles. The third-order valence-corrected chi connectivity index (χ3v) is 13.6. The van der Waals surface area contributed by atoms with Crippen molar-refractivity contribution >= 4 is 17.7 Å². The molecule has 0 radical (unpaired) electrons. The maximum absolute atomic E-state index is 14.7. The van der Waals surface area contributed by atoms with Gasteiger partial charge in [0.1, 0.15) is 17.5 Å². The Balaban J connectivity index is 1.54. The Bertz CT molecular complexity index is 1270. The predicted octanol–water partition coefficient (Wildman–Crippen LogP) is 7.81. The number of ketones is 2. The lowest BCUT2D eigenvalue weighted by atomic mass is 9.31. The number of rotatable bonds is 2. The number of carbonyl (C=O) groups is 3. The van der Waals surface area contributed by atoms with Gasteiger partial charge in [0, 0.05) is 24.3 Å². The van der Waals surface area contributed by atoms with Crippen molar-refractivity contribution in [1.29, 1.82) is 5.26 Å². The summed E-state index contributed by atoms with van der Waals surface area (Å²) in [5, 5.41) is 13.1. The van der Waals surface area contributed by atoms with E-state index in [9.17, 15) is 19.6 Å². The third kappa shape index (κ3) is 4.42. The quantitative estimate of drug-likeness (QED) is 0.360. The van der Waals surface area contributed by atoms with Gasteiger partial charge in [-0.05, 0) is 111 Å². The monoisotopic (exact) mass is 578 g/mol. The number of ether oxygens (including phenoxy) is 1. The van der Waals surface area contributed by atoms with E-state index in [1.165, 1.54) is 0 Å². The van der Waals surface area contributed by atoms with Gasteiger partial charge >= 0.3 is 6.09 Å². The zero-order chi connectivity index (χ0) is 31.3. The van der Waals surface area contributed by atoms with Crippen molar-refractivity contribution in [2.75, 3.05) is 6.54 Å². The third-order valence-electron chi connectivity index (χ3n) is 13.6. The molecule has 1 amide bonds. The molecular formula is C36H54N2O4. The molecule has 8 atom stereocenters. The maximum Gasteiger partial charge on any atom is 0.407 e. The maximum atomic E-state index is 14.7. The highest BCUT2D eigenvalue weighted by Gasteiger charge is 2.72. The molecule has 232 valence electrons. The van der Waals surface area contributed by atoms with E-state index in [1.54, 1.807) is 0 Å². The molecule has 1 N–H and O–H groups in total. The Kier molecular flexibility index (Phi) is 7.01. The fraction of sp³-hybridized carbons (Fsp3) is 0.833. The fourth-order valence-corrected chi connectivity index (χ4v) is 11.3. The SMILES string of the molecule is CC1(C)CC[C@]2(CNC(=O)OC(C)(C)C)CC[C@]3(C)[C@H](C(=O)C[C@@H]4[C@@]5(C)C=C(C#N)C(=O)C(C)(C)[C@@H]5CC[C@]43C)[C@@H]2C1. The highest BCUT2D eigenvalue weighted by atomic mass is 16.6. The van der Waals surface area contributed by atoms with Gasteiger partial charge < -0.3 is 10.1 Å². The van der Waals surface area contributed by atoms with E-state index < -0.39 is 16.4 Å². The highest BCUT2D eigenvalue weighted by molar-refractivity contribution is 6.04. The molecule has 6 nitrogen and oxygen atoms in total. The van der Waals surface area contributed by atoms with Crippen LogP contribution in [0.25, 0.3) is 0 Å². The van der Waals surface area contributed by atoms with Crippen LogP contribution in [0.3, 0.4) is 0 Å². The lowest BCUT2D eigenvalue weighted by molar-refractivity contribution is -0.222. The molecule has 5 aliphatic carbocycles. The van der Waals surface area contributed by atoms with Gasteiger partial charge in [-0.1, -0.05) is 54.5 Å². The van der Waals surface area contributed by atoms with Crippen molar-refractivity contribution in [3.05, 3.63) is 11.6 Å². The normalized spacial score (nSPS) is 43.9. The van der Waals surface area contributed by atoms with Crippen molar-refractivity contribution < 1.29 is 19.1 Å². The van der Waals surface area contributed by atoms with E-state index in [2.05, 4.69) is 46.0 Å². The zero-order valence-electron chi connectivity index (χ0n) is 27.8. The van der Waals surface area contributed by atoms with Crippen molar-refractivity contribution in [3.63, 3.8) is 0 Å². The zero-order valence-corrected chi connectivity index (χ0v) is 27.8. The van der Waals surface area contributed by atoms with Crippen LogP contribution < -0.4 is 5.32 Å². The molecule has 6 heteroatoms. The van der Waals surface area contributed by atoms with Gasteiger partial charge in [0.15, 0.2) is 5.78 Å². The van der Waals surface area contributed by atoms with Gasteiger partial charge in [-0.15, -0.1) is 0 Å². The minimum atomic E-state index is -0.626. The summed E-state index contributed by atoms with van der Waals surface area (Å²) in [6, 6.07) is 2.22. The van der Waals surface area contributed by atoms with E-state index in [-0.39, 0.29) is 62.8 Å². The van der Waals surface area contributed by atoms with Crippen molar-refractivity contribution in [3.8, 4) is 6.07 Å². The average Bonchev–Trinajstić information content (AvgIpc) is 2.85. The van der Waals surface area contributed by atoms with Crippen molar-refractivity contribution in [1.82, 2.24) is 5.32 Å². The standard InChI is InChI=1S/C36H54N2O4/c1-30(2,3)42-29(41)38-21-36-15-13-31(4,5)19-23(36)27-24(39)17-26-33(8)18-22(20-37)28(40)32(6,7)25(33)11-12-34(26,9)35(27,10)14-16-36/h18,23,25-27H,11-17,19,21H2,1-10H3,(H,38,41)/t23-,25-,26+,27-,33-,34+,35+,36+/m0/s1. The first-order chi connectivity index (χ1) is 19.2. The molecule has 0 saturated heterocycles. The fourth-order valence-electron chi connectivity index (χ4n) is 11.3. The van der Waals surface area contributed by atoms with Crippen LogP contribution in [0.4, 0.5) is 4.79 Å². The molecule has 0 unspecified atom stereocenters. The summed E-state index contributed by atoms with van der Waals surface area (Å²) in [6.45, 7) is 22.0. The Morgan fingerprint density at radius 2 is 1.62 bits per heavy atom. The van der Waals surface area contributed by atoms with Gasteiger partial charge in [0.25, 0.3) is 0 Å². The van der Waals surface area contributed by atoms with Crippen LogP contribution >= 0.6 is 0 Å². The van der Waals surface area contributed by atoms with Gasteiger partial charge in [0.2, 0.25) is 0 Å². The number of allylic oxidation sites excluding steroid dienone is 2. The number of nitrogens with zero attached hydrogens (tertiary/aromatic N) is 1. The Morgan fingerprint density at radius 1 is 0.976 bits per heavy atom. The first kappa shape index (κ1) is 31.3. The molecular weight excluding hydrogens is 524 g/mol. The Morgan fingerprint density at radius 3 is 2.24 bits per heavy atom. The van der Waals surface area contributed by atoms with E-state index in [0.29, 0.717) is 18.7 Å². The molecule has 0 aromatic carbocycles. The summed E-state index contributed by atoms with van der Waals surface area (Å²) in [6.07, 6.45) is 9.01. The largest absolute Gasteiger partial charge is 0.444 e. The second kappa shape index (κ2) is 9.42. The molecule has 0 aliphatic heterocycles. The van der Waals surface area contributed by atoms with E-state index >= 15 is 0 Å². The van der Waals surface area contributed by atoms with Crippen LogP contribution in [0.5, 0.6) is 0 Å². The van der Waals surface area contributed by atoms with Gasteiger partial charge in [-0.3, -0.25) is 9.59 Å². The second-order valence-corrected chi connectivity index (χ2v) is 17.9. The van der Waals surface area contributed by atoms with E-state index in [1.807, 2.05) is 40.7 Å². The molecule has 5 rings (SSSR count). The summed E-state index contributed by atoms with van der Waals surface area (Å²) in [5.74, 6) is 0.622.